The Morgan fingerprint density at radius 1 is 1.71 bits per heavy atom. The lowest BCUT2D eigenvalue weighted by molar-refractivity contribution is 0.677. The molecule has 5 heteroatoms. The van der Waals surface area contributed by atoms with Crippen LogP contribution in [0.4, 0.5) is 0 Å². The summed E-state index contributed by atoms with van der Waals surface area (Å²) in [6.07, 6.45) is 2.90. The molecule has 0 amide bonds. The number of nitriles is 1. The third-order valence-electron chi connectivity index (χ3n) is 2.10. The standard InChI is InChI=1S/C9H8N4O/c1-2-13-9-7(5-12-13)8(14)6(3-10)4-11-9/h4-5H,2H2,1H3,(H,11,14). The SMILES string of the molecule is CCn1ncc2c(=O)c(C#N)c[nH]c21. The summed E-state index contributed by atoms with van der Waals surface area (Å²) in [6.45, 7) is 2.62. The van der Waals surface area contributed by atoms with Gasteiger partial charge in [0, 0.05) is 12.7 Å². The van der Waals surface area contributed by atoms with Crippen molar-refractivity contribution < 1.29 is 0 Å². The minimum atomic E-state index is -0.263. The van der Waals surface area contributed by atoms with Gasteiger partial charge in [0.15, 0.2) is 0 Å². The molecule has 5 nitrogen and oxygen atoms in total. The summed E-state index contributed by atoms with van der Waals surface area (Å²) in [5, 5.41) is 13.1. The Bertz CT molecular complexity index is 572. The highest BCUT2D eigenvalue weighted by Gasteiger charge is 2.08. The fourth-order valence-corrected chi connectivity index (χ4v) is 1.38. The van der Waals surface area contributed by atoms with Gasteiger partial charge in [-0.3, -0.25) is 4.79 Å². The van der Waals surface area contributed by atoms with Crippen LogP contribution < -0.4 is 5.43 Å². The summed E-state index contributed by atoms with van der Waals surface area (Å²) in [7, 11) is 0. The first-order valence-corrected chi connectivity index (χ1v) is 4.25. The third kappa shape index (κ3) is 1.01. The van der Waals surface area contributed by atoms with E-state index in [1.165, 1.54) is 12.4 Å². The van der Waals surface area contributed by atoms with Crippen molar-refractivity contribution in [1.82, 2.24) is 14.8 Å². The Labute approximate surface area is 79.6 Å². The van der Waals surface area contributed by atoms with E-state index in [0.717, 1.165) is 0 Å². The molecule has 0 radical (unpaired) electrons. The van der Waals surface area contributed by atoms with E-state index >= 15 is 0 Å². The molecule has 0 fully saturated rings. The molecular weight excluding hydrogens is 180 g/mol. The number of nitrogens with one attached hydrogen (secondary N) is 1. The van der Waals surface area contributed by atoms with Gasteiger partial charge in [-0.15, -0.1) is 0 Å². The van der Waals surface area contributed by atoms with Gasteiger partial charge in [-0.05, 0) is 6.92 Å². The molecule has 2 heterocycles. The predicted octanol–water partition coefficient (Wildman–Crippen LogP) is 0.616. The Kier molecular flexibility index (Phi) is 1.82. The van der Waals surface area contributed by atoms with E-state index in [9.17, 15) is 4.79 Å². The molecule has 2 aromatic heterocycles. The predicted molar refractivity (Wildman–Crippen MR) is 50.7 cm³/mol. The van der Waals surface area contributed by atoms with E-state index in [0.29, 0.717) is 17.6 Å². The Morgan fingerprint density at radius 3 is 3.14 bits per heavy atom. The quantitative estimate of drug-likeness (QED) is 0.712. The van der Waals surface area contributed by atoms with Crippen LogP contribution in [0.15, 0.2) is 17.2 Å². The lowest BCUT2D eigenvalue weighted by Gasteiger charge is -1.97. The largest absolute Gasteiger partial charge is 0.345 e. The van der Waals surface area contributed by atoms with E-state index in [2.05, 4.69) is 10.1 Å². The highest BCUT2D eigenvalue weighted by atomic mass is 16.1. The summed E-state index contributed by atoms with van der Waals surface area (Å²) in [6, 6.07) is 1.83. The summed E-state index contributed by atoms with van der Waals surface area (Å²) >= 11 is 0. The molecule has 0 saturated carbocycles. The van der Waals surface area contributed by atoms with E-state index < -0.39 is 0 Å². The van der Waals surface area contributed by atoms with Crippen LogP contribution in [0, 0.1) is 11.3 Å². The monoisotopic (exact) mass is 188 g/mol. The Morgan fingerprint density at radius 2 is 2.50 bits per heavy atom. The van der Waals surface area contributed by atoms with E-state index in [1.807, 2.05) is 13.0 Å². The van der Waals surface area contributed by atoms with Crippen LogP contribution in [0.2, 0.25) is 0 Å². The minimum Gasteiger partial charge on any atom is -0.345 e. The first-order valence-electron chi connectivity index (χ1n) is 4.25. The maximum Gasteiger partial charge on any atom is 0.210 e. The summed E-state index contributed by atoms with van der Waals surface area (Å²) < 4.78 is 1.68. The second-order valence-electron chi connectivity index (χ2n) is 2.87. The molecule has 0 aliphatic heterocycles. The zero-order valence-corrected chi connectivity index (χ0v) is 7.61. The van der Waals surface area contributed by atoms with Gasteiger partial charge in [0.05, 0.1) is 11.6 Å². The van der Waals surface area contributed by atoms with Gasteiger partial charge in [-0.25, -0.2) is 4.68 Å². The average Bonchev–Trinajstić information content (AvgIpc) is 2.62. The van der Waals surface area contributed by atoms with Gasteiger partial charge >= 0.3 is 0 Å². The number of pyridine rings is 1. The van der Waals surface area contributed by atoms with Gasteiger partial charge < -0.3 is 4.98 Å². The Balaban J connectivity index is 2.88. The number of rotatable bonds is 1. The lowest BCUT2D eigenvalue weighted by Crippen LogP contribution is -2.07. The first kappa shape index (κ1) is 8.51. The Hall–Kier alpha value is -2.09. The number of aromatic amines is 1. The van der Waals surface area contributed by atoms with Crippen LogP contribution in [0.25, 0.3) is 11.0 Å². The molecule has 0 aliphatic carbocycles. The summed E-state index contributed by atoms with van der Waals surface area (Å²) in [5.41, 5.74) is 0.519. The van der Waals surface area contributed by atoms with Crippen molar-refractivity contribution in [3.05, 3.63) is 28.2 Å². The van der Waals surface area contributed by atoms with Crippen LogP contribution >= 0.6 is 0 Å². The molecular formula is C9H8N4O. The molecule has 0 bridgehead atoms. The molecule has 0 saturated heterocycles. The fraction of sp³-hybridized carbons (Fsp3) is 0.222. The van der Waals surface area contributed by atoms with Crippen LogP contribution in [-0.2, 0) is 6.54 Å². The average molecular weight is 188 g/mol. The third-order valence-corrected chi connectivity index (χ3v) is 2.10. The zero-order chi connectivity index (χ0) is 10.1. The summed E-state index contributed by atoms with van der Waals surface area (Å²) in [4.78, 5) is 14.5. The molecule has 0 unspecified atom stereocenters. The van der Waals surface area contributed by atoms with E-state index in [-0.39, 0.29) is 11.0 Å². The van der Waals surface area contributed by atoms with E-state index in [1.54, 1.807) is 4.68 Å². The number of aromatic nitrogens is 3. The zero-order valence-electron chi connectivity index (χ0n) is 7.61. The number of hydrogen-bond acceptors (Lipinski definition) is 3. The number of hydrogen-bond donors (Lipinski definition) is 1. The molecule has 70 valence electrons. The van der Waals surface area contributed by atoms with Gasteiger partial charge in [-0.1, -0.05) is 0 Å². The van der Waals surface area contributed by atoms with Crippen molar-refractivity contribution in [3.8, 4) is 6.07 Å². The van der Waals surface area contributed by atoms with Crippen molar-refractivity contribution in [2.75, 3.05) is 0 Å². The second kappa shape index (κ2) is 3.00. The molecule has 0 spiro atoms. The summed E-state index contributed by atoms with van der Waals surface area (Å²) in [5.74, 6) is 0. The van der Waals surface area contributed by atoms with E-state index in [4.69, 9.17) is 5.26 Å². The maximum absolute atomic E-state index is 11.6. The molecule has 1 N–H and O–H groups in total. The van der Waals surface area contributed by atoms with Crippen molar-refractivity contribution in [1.29, 1.82) is 5.26 Å². The normalized spacial score (nSPS) is 10.3. The van der Waals surface area contributed by atoms with Crippen LogP contribution in [0.1, 0.15) is 12.5 Å². The molecule has 2 rings (SSSR count). The first-order chi connectivity index (χ1) is 6.77. The minimum absolute atomic E-state index is 0.119. The van der Waals surface area contributed by atoms with Crippen LogP contribution in [0.3, 0.4) is 0 Å². The number of aryl methyl sites for hydroxylation is 1. The number of nitrogens with zero attached hydrogens (tertiary/aromatic N) is 3. The topological polar surface area (TPSA) is 74.5 Å². The number of fused-ring (bicyclic) bond motifs is 1. The molecule has 14 heavy (non-hydrogen) atoms. The molecule has 0 atom stereocenters. The van der Waals surface area contributed by atoms with Gasteiger partial charge in [0.25, 0.3) is 0 Å². The lowest BCUT2D eigenvalue weighted by atomic mass is 10.2. The number of H-pyrrole nitrogens is 1. The highest BCUT2D eigenvalue weighted by Crippen LogP contribution is 2.06. The van der Waals surface area contributed by atoms with Crippen LogP contribution in [-0.4, -0.2) is 14.8 Å². The van der Waals surface area contributed by atoms with Crippen molar-refractivity contribution in [3.63, 3.8) is 0 Å². The van der Waals surface area contributed by atoms with Crippen molar-refractivity contribution >= 4 is 11.0 Å². The van der Waals surface area contributed by atoms with Crippen molar-refractivity contribution in [2.24, 2.45) is 0 Å². The van der Waals surface area contributed by atoms with Gasteiger partial charge in [0.1, 0.15) is 17.3 Å². The van der Waals surface area contributed by atoms with Gasteiger partial charge in [0.2, 0.25) is 5.43 Å². The maximum atomic E-state index is 11.6. The van der Waals surface area contributed by atoms with Crippen molar-refractivity contribution in [2.45, 2.75) is 13.5 Å². The molecule has 0 aromatic carbocycles. The second-order valence-corrected chi connectivity index (χ2v) is 2.87. The fourth-order valence-electron chi connectivity index (χ4n) is 1.38. The molecule has 0 aliphatic rings. The molecule has 2 aromatic rings. The highest BCUT2D eigenvalue weighted by molar-refractivity contribution is 5.75. The van der Waals surface area contributed by atoms with Gasteiger partial charge in [-0.2, -0.15) is 10.4 Å². The van der Waals surface area contributed by atoms with Crippen LogP contribution in [0.5, 0.6) is 0 Å². The smallest absolute Gasteiger partial charge is 0.210 e.